The molecule has 20 heavy (non-hydrogen) atoms. The smallest absolute Gasteiger partial charge is 0.248 e. The van der Waals surface area contributed by atoms with E-state index in [0.29, 0.717) is 18.3 Å². The monoisotopic (exact) mass is 351 g/mol. The lowest BCUT2D eigenvalue weighted by Crippen LogP contribution is -2.16. The van der Waals surface area contributed by atoms with Crippen LogP contribution in [0.5, 0.6) is 0 Å². The van der Waals surface area contributed by atoms with Crippen molar-refractivity contribution in [1.82, 2.24) is 15.5 Å². The van der Waals surface area contributed by atoms with Gasteiger partial charge in [-0.3, -0.25) is 0 Å². The Morgan fingerprint density at radius 3 is 3.00 bits per heavy atom. The first-order chi connectivity index (χ1) is 9.81. The maximum absolute atomic E-state index is 5.62. The Morgan fingerprint density at radius 1 is 1.35 bits per heavy atom. The van der Waals surface area contributed by atoms with Crippen LogP contribution in [0.15, 0.2) is 33.2 Å². The molecule has 1 heterocycles. The molecule has 0 radical (unpaired) electrons. The molecule has 2 aromatic rings. The molecule has 0 spiro atoms. The number of aromatic nitrogens is 2. The van der Waals surface area contributed by atoms with Crippen LogP contribution in [0.2, 0.25) is 0 Å². The molecule has 0 atom stereocenters. The lowest BCUT2D eigenvalue weighted by atomic mass is 10.2. The van der Waals surface area contributed by atoms with Crippen molar-refractivity contribution in [3.05, 3.63) is 34.6 Å². The third-order valence-corrected chi connectivity index (χ3v) is 4.01. The number of thioether (sulfide) groups is 1. The van der Waals surface area contributed by atoms with Gasteiger partial charge in [0.05, 0.1) is 17.9 Å². The number of hydrogen-bond donors (Lipinski definition) is 1. The van der Waals surface area contributed by atoms with E-state index in [4.69, 9.17) is 10.8 Å². The number of rotatable bonds is 7. The van der Waals surface area contributed by atoms with E-state index in [1.54, 1.807) is 11.8 Å². The fourth-order valence-electron chi connectivity index (χ4n) is 1.54. The average Bonchev–Trinajstić information content (AvgIpc) is 2.92. The zero-order valence-electron chi connectivity index (χ0n) is 10.8. The summed E-state index contributed by atoms with van der Waals surface area (Å²) in [6, 6.07) is 7.76. The van der Waals surface area contributed by atoms with Gasteiger partial charge in [0.1, 0.15) is 0 Å². The maximum Gasteiger partial charge on any atom is 0.248 e. The zero-order chi connectivity index (χ0) is 14.2. The van der Waals surface area contributed by atoms with E-state index in [1.165, 1.54) is 0 Å². The van der Waals surface area contributed by atoms with Gasteiger partial charge in [0.2, 0.25) is 11.8 Å². The predicted molar refractivity (Wildman–Crippen MR) is 85.3 cm³/mol. The number of benzene rings is 1. The molecule has 6 heteroatoms. The van der Waals surface area contributed by atoms with Crippen LogP contribution in [-0.2, 0) is 6.54 Å². The Bertz CT molecular complexity index is 594. The highest BCUT2D eigenvalue weighted by Crippen LogP contribution is 2.26. The molecule has 0 fully saturated rings. The third-order valence-electron chi connectivity index (χ3n) is 2.46. The molecule has 1 aromatic heterocycles. The van der Waals surface area contributed by atoms with Gasteiger partial charge in [-0.05, 0) is 28.1 Å². The Kier molecular flexibility index (Phi) is 6.12. The van der Waals surface area contributed by atoms with Crippen LogP contribution in [-0.4, -0.2) is 28.2 Å². The highest BCUT2D eigenvalue weighted by atomic mass is 79.9. The minimum atomic E-state index is 0.524. The van der Waals surface area contributed by atoms with Gasteiger partial charge in [-0.1, -0.05) is 18.1 Å². The van der Waals surface area contributed by atoms with Crippen molar-refractivity contribution in [3.63, 3.8) is 0 Å². The maximum atomic E-state index is 5.62. The second-order valence-corrected chi connectivity index (χ2v) is 5.87. The topological polar surface area (TPSA) is 51.0 Å². The van der Waals surface area contributed by atoms with Crippen molar-refractivity contribution in [2.24, 2.45) is 0 Å². The van der Waals surface area contributed by atoms with Crippen molar-refractivity contribution in [2.75, 3.05) is 18.1 Å². The Hall–Kier alpha value is -1.29. The average molecular weight is 352 g/mol. The van der Waals surface area contributed by atoms with E-state index in [1.807, 2.05) is 24.3 Å². The van der Waals surface area contributed by atoms with Gasteiger partial charge in [-0.2, -0.15) is 0 Å². The number of halogens is 1. The minimum Gasteiger partial charge on any atom is -0.419 e. The number of terminal acetylenes is 1. The van der Waals surface area contributed by atoms with E-state index in [9.17, 15) is 0 Å². The summed E-state index contributed by atoms with van der Waals surface area (Å²) in [6.45, 7) is 1.42. The second kappa shape index (κ2) is 8.10. The van der Waals surface area contributed by atoms with Gasteiger partial charge < -0.3 is 9.73 Å². The fourth-order valence-corrected chi connectivity index (χ4v) is 2.54. The van der Waals surface area contributed by atoms with E-state index in [0.717, 1.165) is 28.1 Å². The van der Waals surface area contributed by atoms with Gasteiger partial charge in [0.25, 0.3) is 0 Å². The molecular weight excluding hydrogens is 338 g/mol. The summed E-state index contributed by atoms with van der Waals surface area (Å²) in [5.74, 6) is 5.41. The van der Waals surface area contributed by atoms with E-state index < -0.39 is 0 Å². The molecule has 0 aliphatic heterocycles. The summed E-state index contributed by atoms with van der Waals surface area (Å²) in [5.41, 5.74) is 0.899. The largest absolute Gasteiger partial charge is 0.419 e. The summed E-state index contributed by atoms with van der Waals surface area (Å²) in [7, 11) is 0. The normalized spacial score (nSPS) is 10.4. The van der Waals surface area contributed by atoms with Crippen LogP contribution in [0.4, 0.5) is 0 Å². The molecule has 1 aromatic carbocycles. The zero-order valence-corrected chi connectivity index (χ0v) is 13.2. The van der Waals surface area contributed by atoms with Crippen LogP contribution in [0, 0.1) is 12.3 Å². The Balaban J connectivity index is 1.84. The van der Waals surface area contributed by atoms with Crippen LogP contribution in [0.25, 0.3) is 11.5 Å². The molecule has 2 rings (SSSR count). The minimum absolute atomic E-state index is 0.524. The van der Waals surface area contributed by atoms with E-state index in [-0.39, 0.29) is 0 Å². The van der Waals surface area contributed by atoms with Crippen molar-refractivity contribution < 1.29 is 4.42 Å². The second-order valence-electron chi connectivity index (χ2n) is 3.91. The third kappa shape index (κ3) is 4.37. The molecule has 4 nitrogen and oxygen atoms in total. The van der Waals surface area contributed by atoms with E-state index >= 15 is 0 Å². The van der Waals surface area contributed by atoms with Crippen LogP contribution in [0.1, 0.15) is 5.89 Å². The number of nitrogens with zero attached hydrogens (tertiary/aromatic N) is 2. The predicted octanol–water partition coefficient (Wildman–Crippen LogP) is 2.96. The van der Waals surface area contributed by atoms with Gasteiger partial charge >= 0.3 is 0 Å². The first-order valence-corrected chi connectivity index (χ1v) is 8.05. The van der Waals surface area contributed by atoms with Crippen molar-refractivity contribution >= 4 is 27.7 Å². The summed E-state index contributed by atoms with van der Waals surface area (Å²) in [5, 5.41) is 11.3. The molecule has 0 saturated carbocycles. The molecule has 0 amide bonds. The molecule has 1 N–H and O–H groups in total. The standard InChI is InChI=1S/C14H14BrN3OS/c1-2-8-20-9-7-16-10-13-17-18-14(19-13)11-5-3-4-6-12(11)15/h1,3-6,16H,7-10H2. The van der Waals surface area contributed by atoms with Gasteiger partial charge in [0.15, 0.2) is 0 Å². The van der Waals surface area contributed by atoms with Gasteiger partial charge in [-0.25, -0.2) is 0 Å². The van der Waals surface area contributed by atoms with Crippen LogP contribution < -0.4 is 5.32 Å². The SMILES string of the molecule is C#CCSCCNCc1nnc(-c2ccccc2Br)o1. The molecule has 0 bridgehead atoms. The van der Waals surface area contributed by atoms with Gasteiger partial charge in [0, 0.05) is 16.8 Å². The summed E-state index contributed by atoms with van der Waals surface area (Å²) in [4.78, 5) is 0. The molecule has 0 aliphatic rings. The fraction of sp³-hybridized carbons (Fsp3) is 0.286. The molecule has 0 unspecified atom stereocenters. The van der Waals surface area contributed by atoms with Gasteiger partial charge in [-0.15, -0.1) is 28.4 Å². The first kappa shape index (κ1) is 15.1. The molecule has 0 saturated heterocycles. The van der Waals surface area contributed by atoms with E-state index in [2.05, 4.69) is 37.4 Å². The Morgan fingerprint density at radius 2 is 2.20 bits per heavy atom. The first-order valence-electron chi connectivity index (χ1n) is 6.10. The highest BCUT2D eigenvalue weighted by Gasteiger charge is 2.10. The molecule has 104 valence electrons. The number of hydrogen-bond acceptors (Lipinski definition) is 5. The quantitative estimate of drug-likeness (QED) is 0.613. The lowest BCUT2D eigenvalue weighted by molar-refractivity contribution is 0.482. The van der Waals surface area contributed by atoms with Crippen LogP contribution in [0.3, 0.4) is 0 Å². The Labute approximate surface area is 130 Å². The summed E-state index contributed by atoms with van der Waals surface area (Å²) < 4.78 is 6.56. The molecular formula is C14H14BrN3OS. The van der Waals surface area contributed by atoms with Crippen molar-refractivity contribution in [2.45, 2.75) is 6.54 Å². The van der Waals surface area contributed by atoms with Crippen molar-refractivity contribution in [1.29, 1.82) is 0 Å². The summed E-state index contributed by atoms with van der Waals surface area (Å²) >= 11 is 5.19. The summed E-state index contributed by atoms with van der Waals surface area (Å²) in [6.07, 6.45) is 5.18. The van der Waals surface area contributed by atoms with Crippen LogP contribution >= 0.6 is 27.7 Å². The van der Waals surface area contributed by atoms with Crippen molar-refractivity contribution in [3.8, 4) is 23.8 Å². The lowest BCUT2D eigenvalue weighted by Gasteiger charge is -2.00. The number of nitrogens with one attached hydrogen (secondary N) is 1. The molecule has 0 aliphatic carbocycles. The highest BCUT2D eigenvalue weighted by molar-refractivity contribution is 9.10.